The van der Waals surface area contributed by atoms with Crippen molar-refractivity contribution in [1.29, 1.82) is 0 Å². The lowest BCUT2D eigenvalue weighted by Gasteiger charge is -2.42. The highest BCUT2D eigenvalue weighted by Crippen LogP contribution is 2.37. The zero-order valence-corrected chi connectivity index (χ0v) is 21.1. The van der Waals surface area contributed by atoms with Crippen LogP contribution in [0.4, 0.5) is 32.3 Å². The fourth-order valence-corrected chi connectivity index (χ4v) is 6.77. The number of nitrogens with zero attached hydrogens (tertiary/aromatic N) is 4. The van der Waals surface area contributed by atoms with E-state index >= 15 is 0 Å². The first kappa shape index (κ1) is 28.9. The number of aliphatic carboxylic acids is 1. The largest absolute Gasteiger partial charge is 0.490 e. The molecule has 1 aromatic carbocycles. The molecule has 3 heterocycles. The van der Waals surface area contributed by atoms with E-state index in [0.29, 0.717) is 6.07 Å². The van der Waals surface area contributed by atoms with E-state index in [1.54, 1.807) is 0 Å². The van der Waals surface area contributed by atoms with E-state index in [1.165, 1.54) is 17.0 Å². The maximum absolute atomic E-state index is 13.5. The fraction of sp³-hybridized carbons (Fsp3) is 0.522. The highest BCUT2D eigenvalue weighted by atomic mass is 32.2. The number of ether oxygens (including phenoxy) is 1. The Balaban J connectivity index is 1.41. The van der Waals surface area contributed by atoms with Crippen molar-refractivity contribution < 1.29 is 49.4 Å². The van der Waals surface area contributed by atoms with Crippen LogP contribution in [0.25, 0.3) is 0 Å². The van der Waals surface area contributed by atoms with Gasteiger partial charge in [0.1, 0.15) is 17.5 Å². The van der Waals surface area contributed by atoms with Crippen molar-refractivity contribution in [2.45, 2.75) is 48.9 Å². The second-order valence-electron chi connectivity index (χ2n) is 9.27. The SMILES string of the molecule is O=C(O)C1(S(=O)(=O)N2CCC(Oc3ccc(C(F)(F)F)cc3)CC2)CCN(c2nccc(C(F)(F)F)n2)CC1. The predicted molar refractivity (Wildman–Crippen MR) is 124 cm³/mol. The lowest BCUT2D eigenvalue weighted by atomic mass is 9.96. The molecule has 0 amide bonds. The van der Waals surface area contributed by atoms with Crippen molar-refractivity contribution in [3.8, 4) is 5.75 Å². The summed E-state index contributed by atoms with van der Waals surface area (Å²) < 4.78 is 109. The van der Waals surface area contributed by atoms with Crippen molar-refractivity contribution in [2.75, 3.05) is 31.1 Å². The molecule has 4 rings (SSSR count). The Bertz CT molecular complexity index is 1290. The van der Waals surface area contributed by atoms with Gasteiger partial charge in [0.25, 0.3) is 0 Å². The molecule has 9 nitrogen and oxygen atoms in total. The summed E-state index contributed by atoms with van der Waals surface area (Å²) in [5, 5.41) is 9.98. The molecule has 0 saturated carbocycles. The molecule has 214 valence electrons. The third-order valence-corrected chi connectivity index (χ3v) is 9.51. The van der Waals surface area contributed by atoms with E-state index in [9.17, 15) is 44.7 Å². The Hall–Kier alpha value is -3.14. The number of alkyl halides is 6. The highest BCUT2D eigenvalue weighted by molar-refractivity contribution is 7.91. The van der Waals surface area contributed by atoms with E-state index in [0.717, 1.165) is 22.6 Å². The molecule has 2 aliphatic rings. The van der Waals surface area contributed by atoms with E-state index in [1.807, 2.05) is 0 Å². The van der Waals surface area contributed by atoms with Gasteiger partial charge in [0, 0.05) is 32.4 Å². The van der Waals surface area contributed by atoms with Gasteiger partial charge in [-0.3, -0.25) is 4.79 Å². The van der Waals surface area contributed by atoms with Gasteiger partial charge in [0.2, 0.25) is 16.0 Å². The minimum atomic E-state index is -4.70. The van der Waals surface area contributed by atoms with Crippen LogP contribution in [-0.2, 0) is 27.2 Å². The molecule has 0 radical (unpaired) electrons. The molecule has 2 fully saturated rings. The van der Waals surface area contributed by atoms with Crippen LogP contribution in [0.2, 0.25) is 0 Å². The van der Waals surface area contributed by atoms with Gasteiger partial charge in [-0.1, -0.05) is 0 Å². The summed E-state index contributed by atoms with van der Waals surface area (Å²) >= 11 is 0. The smallest absolute Gasteiger partial charge is 0.433 e. The minimum Gasteiger partial charge on any atom is -0.490 e. The number of carbonyl (C=O) groups is 1. The van der Waals surface area contributed by atoms with Crippen LogP contribution < -0.4 is 9.64 Å². The van der Waals surface area contributed by atoms with Gasteiger partial charge in [-0.25, -0.2) is 22.7 Å². The van der Waals surface area contributed by atoms with Gasteiger partial charge in [0.15, 0.2) is 4.75 Å². The van der Waals surface area contributed by atoms with Gasteiger partial charge in [-0.05, 0) is 56.0 Å². The van der Waals surface area contributed by atoms with Crippen LogP contribution in [0, 0.1) is 0 Å². The second kappa shape index (κ2) is 10.4. The number of carboxylic acids is 1. The maximum atomic E-state index is 13.5. The Kier molecular flexibility index (Phi) is 7.73. The lowest BCUT2D eigenvalue weighted by molar-refractivity contribution is -0.141. The monoisotopic (exact) mass is 582 g/mol. The van der Waals surface area contributed by atoms with Crippen LogP contribution in [0.3, 0.4) is 0 Å². The van der Waals surface area contributed by atoms with E-state index in [4.69, 9.17) is 4.74 Å². The first-order chi connectivity index (χ1) is 18.1. The minimum absolute atomic E-state index is 0.0664. The first-order valence-corrected chi connectivity index (χ1v) is 13.3. The Labute approximate surface area is 219 Å². The number of benzene rings is 1. The summed E-state index contributed by atoms with van der Waals surface area (Å²) in [6, 6.07) is 4.80. The van der Waals surface area contributed by atoms with Crippen LogP contribution >= 0.6 is 0 Å². The molecule has 1 aromatic heterocycles. The van der Waals surface area contributed by atoms with Gasteiger partial charge in [-0.2, -0.15) is 26.3 Å². The normalized spacial score (nSPS) is 19.6. The quantitative estimate of drug-likeness (QED) is 0.512. The molecular weight excluding hydrogens is 558 g/mol. The van der Waals surface area contributed by atoms with Gasteiger partial charge in [0.05, 0.1) is 5.56 Å². The number of rotatable bonds is 6. The third-order valence-electron chi connectivity index (χ3n) is 6.90. The lowest BCUT2D eigenvalue weighted by Crippen LogP contribution is -2.60. The van der Waals surface area contributed by atoms with Crippen molar-refractivity contribution in [3.63, 3.8) is 0 Å². The molecule has 1 N–H and O–H groups in total. The highest BCUT2D eigenvalue weighted by Gasteiger charge is 2.55. The number of sulfonamides is 1. The molecular formula is C23H24F6N4O5S. The van der Waals surface area contributed by atoms with Gasteiger partial charge < -0.3 is 14.7 Å². The summed E-state index contributed by atoms with van der Waals surface area (Å²) in [6.45, 7) is -0.521. The van der Waals surface area contributed by atoms with E-state index < -0.39 is 63.3 Å². The van der Waals surface area contributed by atoms with Gasteiger partial charge in [-0.15, -0.1) is 0 Å². The number of aromatic nitrogens is 2. The summed E-state index contributed by atoms with van der Waals surface area (Å²) in [6.07, 6.45) is -9.19. The molecule has 0 atom stereocenters. The molecule has 2 aromatic rings. The maximum Gasteiger partial charge on any atom is 0.433 e. The van der Waals surface area contributed by atoms with Crippen molar-refractivity contribution in [3.05, 3.63) is 47.8 Å². The third kappa shape index (κ3) is 5.90. The average Bonchev–Trinajstić information content (AvgIpc) is 2.88. The summed E-state index contributed by atoms with van der Waals surface area (Å²) in [5.74, 6) is -1.65. The summed E-state index contributed by atoms with van der Waals surface area (Å²) in [5.41, 5.74) is -2.00. The van der Waals surface area contributed by atoms with Crippen LogP contribution in [0.1, 0.15) is 36.9 Å². The molecule has 0 unspecified atom stereocenters. The number of piperidine rings is 2. The molecule has 0 bridgehead atoms. The van der Waals surface area contributed by atoms with E-state index in [-0.39, 0.29) is 50.7 Å². The number of anilines is 1. The number of hydrogen-bond donors (Lipinski definition) is 1. The molecule has 0 aliphatic carbocycles. The van der Waals surface area contributed by atoms with Crippen LogP contribution in [0.5, 0.6) is 5.75 Å². The van der Waals surface area contributed by atoms with Crippen LogP contribution in [-0.4, -0.2) is 70.8 Å². The summed E-state index contributed by atoms with van der Waals surface area (Å²) in [4.78, 5) is 20.9. The Morgan fingerprint density at radius 1 is 0.949 bits per heavy atom. The summed E-state index contributed by atoms with van der Waals surface area (Å²) in [7, 11) is -4.40. The molecule has 39 heavy (non-hydrogen) atoms. The fourth-order valence-electron chi connectivity index (χ4n) is 4.66. The average molecular weight is 583 g/mol. The second-order valence-corrected chi connectivity index (χ2v) is 11.5. The predicted octanol–water partition coefficient (Wildman–Crippen LogP) is 3.81. The number of carboxylic acid groups (broad SMARTS) is 1. The zero-order valence-electron chi connectivity index (χ0n) is 20.2. The molecule has 16 heteroatoms. The van der Waals surface area contributed by atoms with Crippen molar-refractivity contribution in [2.24, 2.45) is 0 Å². The van der Waals surface area contributed by atoms with E-state index in [2.05, 4.69) is 9.97 Å². The first-order valence-electron chi connectivity index (χ1n) is 11.9. The van der Waals surface area contributed by atoms with Gasteiger partial charge >= 0.3 is 18.3 Å². The topological polar surface area (TPSA) is 113 Å². The van der Waals surface area contributed by atoms with Crippen molar-refractivity contribution in [1.82, 2.24) is 14.3 Å². The Morgan fingerprint density at radius 2 is 1.54 bits per heavy atom. The number of hydrogen-bond acceptors (Lipinski definition) is 7. The Morgan fingerprint density at radius 3 is 2.05 bits per heavy atom. The molecule has 0 spiro atoms. The van der Waals surface area contributed by atoms with Crippen LogP contribution in [0.15, 0.2) is 36.5 Å². The zero-order chi connectivity index (χ0) is 28.6. The standard InChI is InChI=1S/C23H24F6N4O5S/c24-22(25,26)15-1-3-16(4-2-15)38-17-6-11-33(12-7-17)39(36,37)21(19(34)35)8-13-32(14-9-21)20-30-10-5-18(31-20)23(27,28)29/h1-5,10,17H,6-9,11-14H2,(H,34,35). The number of halogens is 6. The van der Waals surface area contributed by atoms with Crippen molar-refractivity contribution >= 4 is 21.9 Å². The molecule has 2 aliphatic heterocycles. The molecule has 2 saturated heterocycles.